The average molecular weight is 697 g/mol. The lowest BCUT2D eigenvalue weighted by atomic mass is 10.1. The van der Waals surface area contributed by atoms with E-state index in [0.29, 0.717) is 23.9 Å². The molecule has 0 aromatic rings. The van der Waals surface area contributed by atoms with Crippen LogP contribution in [-0.2, 0) is 32.7 Å². The molecule has 10 heteroatoms. The van der Waals surface area contributed by atoms with E-state index in [4.69, 9.17) is 18.5 Å². The number of unbranched alkanes of at least 4 members (excludes halogenated alkanes) is 10. The number of esters is 2. The summed E-state index contributed by atoms with van der Waals surface area (Å²) in [5, 5.41) is 0. The predicted molar refractivity (Wildman–Crippen MR) is 196 cm³/mol. The zero-order valence-electron chi connectivity index (χ0n) is 30.7. The van der Waals surface area contributed by atoms with E-state index in [1.165, 1.54) is 12.8 Å². The van der Waals surface area contributed by atoms with Crippen LogP contribution in [-0.4, -0.2) is 74.9 Å². The number of carbonyl (C=O) groups excluding carboxylic acids is 2. The van der Waals surface area contributed by atoms with Crippen molar-refractivity contribution in [2.24, 2.45) is 0 Å². The van der Waals surface area contributed by atoms with Gasteiger partial charge in [0.2, 0.25) is 0 Å². The number of quaternary nitrogens is 1. The molecule has 0 bridgehead atoms. The van der Waals surface area contributed by atoms with Gasteiger partial charge in [-0.15, -0.1) is 0 Å². The Kier molecular flexibility index (Phi) is 29.3. The van der Waals surface area contributed by atoms with Gasteiger partial charge in [-0.1, -0.05) is 113 Å². The maximum Gasteiger partial charge on any atom is 0.472 e. The summed E-state index contributed by atoms with van der Waals surface area (Å²) in [4.78, 5) is 35.1. The second kappa shape index (κ2) is 30.7. The molecular weight excluding hydrogens is 629 g/mol. The van der Waals surface area contributed by atoms with Crippen molar-refractivity contribution in [3.63, 3.8) is 0 Å². The first kappa shape index (κ1) is 45.7. The number of phosphoric acid groups is 1. The number of hydrogen-bond donors (Lipinski definition) is 1. The molecule has 0 radical (unpaired) electrons. The van der Waals surface area contributed by atoms with Crippen LogP contribution in [0, 0.1) is 0 Å². The monoisotopic (exact) mass is 696 g/mol. The molecule has 0 aliphatic heterocycles. The fraction of sp³-hybridized carbons (Fsp3) is 0.684. The van der Waals surface area contributed by atoms with Crippen molar-refractivity contribution in [3.8, 4) is 0 Å². The lowest BCUT2D eigenvalue weighted by Gasteiger charge is -2.24. The minimum Gasteiger partial charge on any atom is -0.462 e. The van der Waals surface area contributed by atoms with Crippen molar-refractivity contribution in [2.45, 2.75) is 123 Å². The van der Waals surface area contributed by atoms with Gasteiger partial charge in [0, 0.05) is 12.8 Å². The number of phosphoric ester groups is 1. The topological polar surface area (TPSA) is 108 Å². The first-order chi connectivity index (χ1) is 23.0. The molecular formula is C38H67NO8P+. The van der Waals surface area contributed by atoms with Gasteiger partial charge in [0.25, 0.3) is 0 Å². The summed E-state index contributed by atoms with van der Waals surface area (Å²) in [5.41, 5.74) is 0. The average Bonchev–Trinajstić information content (AvgIpc) is 3.02. The number of likely N-dealkylation sites (N-methyl/N-ethyl adjacent to an activating group) is 1. The van der Waals surface area contributed by atoms with Gasteiger partial charge in [-0.25, -0.2) is 4.57 Å². The summed E-state index contributed by atoms with van der Waals surface area (Å²) < 4.78 is 34.0. The van der Waals surface area contributed by atoms with Crippen LogP contribution in [0.2, 0.25) is 0 Å². The third-order valence-corrected chi connectivity index (χ3v) is 8.10. The van der Waals surface area contributed by atoms with E-state index < -0.39 is 32.5 Å². The van der Waals surface area contributed by atoms with Crippen LogP contribution in [0.4, 0.5) is 0 Å². The Labute approximate surface area is 292 Å². The molecule has 0 aliphatic carbocycles. The molecule has 0 aromatic heterocycles. The van der Waals surface area contributed by atoms with E-state index in [9.17, 15) is 19.0 Å². The smallest absolute Gasteiger partial charge is 0.462 e. The van der Waals surface area contributed by atoms with Crippen LogP contribution >= 0.6 is 7.82 Å². The Morgan fingerprint density at radius 2 is 1.19 bits per heavy atom. The second-order valence-electron chi connectivity index (χ2n) is 13.0. The highest BCUT2D eigenvalue weighted by molar-refractivity contribution is 7.47. The third kappa shape index (κ3) is 33.6. The molecule has 0 fully saturated rings. The molecule has 0 saturated heterocycles. The summed E-state index contributed by atoms with van der Waals surface area (Å²) >= 11 is 0. The zero-order chi connectivity index (χ0) is 35.8. The van der Waals surface area contributed by atoms with Crippen LogP contribution in [0.25, 0.3) is 0 Å². The minimum atomic E-state index is -4.38. The summed E-state index contributed by atoms with van der Waals surface area (Å²) in [6, 6.07) is 0. The van der Waals surface area contributed by atoms with Crippen molar-refractivity contribution in [1.29, 1.82) is 0 Å². The van der Waals surface area contributed by atoms with Gasteiger partial charge in [-0.3, -0.25) is 18.6 Å². The van der Waals surface area contributed by atoms with Gasteiger partial charge >= 0.3 is 19.8 Å². The van der Waals surface area contributed by atoms with Crippen molar-refractivity contribution < 1.29 is 42.1 Å². The lowest BCUT2D eigenvalue weighted by Crippen LogP contribution is -2.37. The van der Waals surface area contributed by atoms with Gasteiger partial charge in [-0.05, 0) is 51.4 Å². The maximum atomic E-state index is 12.6. The fourth-order valence-corrected chi connectivity index (χ4v) is 4.96. The van der Waals surface area contributed by atoms with E-state index in [-0.39, 0.29) is 26.1 Å². The zero-order valence-corrected chi connectivity index (χ0v) is 31.6. The van der Waals surface area contributed by atoms with E-state index in [1.807, 2.05) is 39.4 Å². The number of hydrogen-bond acceptors (Lipinski definition) is 7. The summed E-state index contributed by atoms with van der Waals surface area (Å²) in [7, 11) is 1.43. The van der Waals surface area contributed by atoms with Crippen molar-refractivity contribution >= 4 is 19.8 Å². The molecule has 1 N–H and O–H groups in total. The molecule has 0 amide bonds. The van der Waals surface area contributed by atoms with E-state index >= 15 is 0 Å². The largest absolute Gasteiger partial charge is 0.472 e. The van der Waals surface area contributed by atoms with Crippen LogP contribution < -0.4 is 0 Å². The first-order valence-electron chi connectivity index (χ1n) is 18.1. The molecule has 9 nitrogen and oxygen atoms in total. The Balaban J connectivity index is 4.57. The molecule has 2 unspecified atom stereocenters. The molecule has 0 saturated carbocycles. The van der Waals surface area contributed by atoms with E-state index in [1.54, 1.807) is 0 Å². The second-order valence-corrected chi connectivity index (χ2v) is 14.4. The molecule has 0 aliphatic rings. The highest BCUT2D eigenvalue weighted by atomic mass is 31.2. The molecule has 0 spiro atoms. The molecule has 0 rings (SSSR count). The number of carbonyl (C=O) groups is 2. The van der Waals surface area contributed by atoms with Gasteiger partial charge in [0.1, 0.15) is 19.8 Å². The number of ether oxygens (including phenoxy) is 2. The summed E-state index contributed by atoms with van der Waals surface area (Å²) in [6.45, 7) is 4.13. The summed E-state index contributed by atoms with van der Waals surface area (Å²) in [5.74, 6) is -0.866. The van der Waals surface area contributed by atoms with Crippen molar-refractivity contribution in [2.75, 3.05) is 47.5 Å². The van der Waals surface area contributed by atoms with Gasteiger partial charge in [-0.2, -0.15) is 0 Å². The maximum absolute atomic E-state index is 12.6. The Hall–Kier alpha value is -2.29. The summed E-state index contributed by atoms with van der Waals surface area (Å²) in [6.07, 6.45) is 34.2. The van der Waals surface area contributed by atoms with Crippen LogP contribution in [0.15, 0.2) is 60.8 Å². The normalized spacial score (nSPS) is 14.5. The first-order valence-corrected chi connectivity index (χ1v) is 19.6. The molecule has 0 aromatic carbocycles. The number of nitrogens with zero attached hydrogens (tertiary/aromatic N) is 1. The van der Waals surface area contributed by atoms with Gasteiger partial charge < -0.3 is 18.9 Å². The van der Waals surface area contributed by atoms with E-state index in [2.05, 4.69) is 56.4 Å². The van der Waals surface area contributed by atoms with Crippen LogP contribution in [0.5, 0.6) is 0 Å². The highest BCUT2D eigenvalue weighted by Crippen LogP contribution is 2.43. The SMILES string of the molecule is CC/C=C/C=C/C=C/CCCCCCCC(=O)OC(COC(=O)CCCCC/C=C/C=C/CCCC)COP(=O)(O)OCC[N+](C)(C)C. The van der Waals surface area contributed by atoms with Crippen LogP contribution in [0.3, 0.4) is 0 Å². The molecule has 48 heavy (non-hydrogen) atoms. The van der Waals surface area contributed by atoms with Gasteiger partial charge in [0.05, 0.1) is 27.7 Å². The third-order valence-electron chi connectivity index (χ3n) is 7.12. The number of rotatable bonds is 31. The van der Waals surface area contributed by atoms with E-state index in [0.717, 1.165) is 64.2 Å². The fourth-order valence-electron chi connectivity index (χ4n) is 4.22. The Morgan fingerprint density at radius 1 is 0.667 bits per heavy atom. The van der Waals surface area contributed by atoms with Crippen LogP contribution in [0.1, 0.15) is 117 Å². The molecule has 276 valence electrons. The van der Waals surface area contributed by atoms with Crippen molar-refractivity contribution in [1.82, 2.24) is 0 Å². The van der Waals surface area contributed by atoms with Gasteiger partial charge in [0.15, 0.2) is 6.10 Å². The minimum absolute atomic E-state index is 0.0200. The van der Waals surface area contributed by atoms with Crippen molar-refractivity contribution in [3.05, 3.63) is 60.8 Å². The molecule has 0 heterocycles. The lowest BCUT2D eigenvalue weighted by molar-refractivity contribution is -0.870. The Bertz CT molecular complexity index is 1010. The number of allylic oxidation sites excluding steroid dienone is 10. The molecule has 2 atom stereocenters. The standard InChI is InChI=1S/C38H66NO8P/c1-6-8-10-12-14-16-18-19-21-23-25-27-29-31-38(41)47-36(35-46-48(42,43)45-33-32-39(3,4)5)34-44-37(40)30-28-26-24-22-20-17-15-13-11-9-7-2/h8,10,12-18,20,36H,6-7,9,11,19,21-35H2,1-5H3/p+1/b10-8+,14-12+,15-13+,18-16+,20-17+. The Morgan fingerprint density at radius 3 is 1.79 bits per heavy atom. The quantitative estimate of drug-likeness (QED) is 0.0251. The highest BCUT2D eigenvalue weighted by Gasteiger charge is 2.27. The predicted octanol–water partition coefficient (Wildman–Crippen LogP) is 9.34.